The van der Waals surface area contributed by atoms with E-state index in [0.29, 0.717) is 6.61 Å². The summed E-state index contributed by atoms with van der Waals surface area (Å²) in [7, 11) is 0. The normalized spacial score (nSPS) is 10.1. The van der Waals surface area contributed by atoms with E-state index in [2.05, 4.69) is 23.8 Å². The lowest BCUT2D eigenvalue weighted by Crippen LogP contribution is -2.12. The molecular weight excluding hydrogens is 200 g/mol. The molecule has 16 heavy (non-hydrogen) atoms. The molecule has 0 amide bonds. The molecule has 1 aromatic heterocycles. The van der Waals surface area contributed by atoms with Crippen molar-refractivity contribution in [3.63, 3.8) is 0 Å². The molecule has 0 aliphatic heterocycles. The molecule has 0 aliphatic rings. The standard InChI is InChI=1S/C13H20N2O/c1-4-14-10-12-9-13(5-7-15-12)16-8-6-11(2)3/h5,7,9,14H,2,4,6,8,10H2,1,3H3. The number of aromatic nitrogens is 1. The van der Waals surface area contributed by atoms with Crippen molar-refractivity contribution in [2.75, 3.05) is 13.2 Å². The van der Waals surface area contributed by atoms with Crippen LogP contribution in [0.3, 0.4) is 0 Å². The van der Waals surface area contributed by atoms with Crippen LogP contribution < -0.4 is 10.1 Å². The summed E-state index contributed by atoms with van der Waals surface area (Å²) in [5.41, 5.74) is 2.15. The Bertz CT molecular complexity index is 336. The molecule has 0 bridgehead atoms. The predicted octanol–water partition coefficient (Wildman–Crippen LogP) is 2.54. The molecule has 0 aromatic carbocycles. The van der Waals surface area contributed by atoms with Crippen molar-refractivity contribution in [2.24, 2.45) is 0 Å². The van der Waals surface area contributed by atoms with Crippen LogP contribution in [0.4, 0.5) is 0 Å². The molecule has 1 rings (SSSR count). The fourth-order valence-electron chi connectivity index (χ4n) is 1.24. The van der Waals surface area contributed by atoms with Crippen molar-refractivity contribution in [2.45, 2.75) is 26.8 Å². The summed E-state index contributed by atoms with van der Waals surface area (Å²) in [4.78, 5) is 4.26. The van der Waals surface area contributed by atoms with Crippen LogP contribution in [0.5, 0.6) is 5.75 Å². The minimum atomic E-state index is 0.681. The fourth-order valence-corrected chi connectivity index (χ4v) is 1.24. The molecule has 0 radical (unpaired) electrons. The van der Waals surface area contributed by atoms with Gasteiger partial charge in [0.05, 0.1) is 12.3 Å². The number of pyridine rings is 1. The van der Waals surface area contributed by atoms with Gasteiger partial charge in [-0.2, -0.15) is 0 Å². The van der Waals surface area contributed by atoms with Crippen LogP contribution in [-0.4, -0.2) is 18.1 Å². The van der Waals surface area contributed by atoms with Gasteiger partial charge in [-0.05, 0) is 19.5 Å². The number of nitrogens with one attached hydrogen (secondary N) is 1. The maximum atomic E-state index is 5.61. The van der Waals surface area contributed by atoms with E-state index in [1.807, 2.05) is 19.1 Å². The zero-order valence-corrected chi connectivity index (χ0v) is 10.1. The highest BCUT2D eigenvalue weighted by Crippen LogP contribution is 2.11. The molecular formula is C13H20N2O. The molecule has 0 fully saturated rings. The van der Waals surface area contributed by atoms with Gasteiger partial charge >= 0.3 is 0 Å². The van der Waals surface area contributed by atoms with Crippen LogP contribution in [0.15, 0.2) is 30.5 Å². The summed E-state index contributed by atoms with van der Waals surface area (Å²) >= 11 is 0. The summed E-state index contributed by atoms with van der Waals surface area (Å²) in [6, 6.07) is 3.86. The van der Waals surface area contributed by atoms with Gasteiger partial charge in [-0.3, -0.25) is 4.98 Å². The van der Waals surface area contributed by atoms with Gasteiger partial charge in [-0.15, -0.1) is 6.58 Å². The van der Waals surface area contributed by atoms with Gasteiger partial charge in [0.15, 0.2) is 0 Å². The van der Waals surface area contributed by atoms with E-state index in [-0.39, 0.29) is 0 Å². The number of ether oxygens (including phenoxy) is 1. The van der Waals surface area contributed by atoms with Gasteiger partial charge < -0.3 is 10.1 Å². The molecule has 1 heterocycles. The zero-order valence-electron chi connectivity index (χ0n) is 10.1. The second kappa shape index (κ2) is 7.01. The molecule has 88 valence electrons. The minimum Gasteiger partial charge on any atom is -0.493 e. The largest absolute Gasteiger partial charge is 0.493 e. The predicted molar refractivity (Wildman–Crippen MR) is 66.5 cm³/mol. The Hall–Kier alpha value is -1.35. The van der Waals surface area contributed by atoms with E-state index in [1.165, 1.54) is 0 Å². The highest BCUT2D eigenvalue weighted by atomic mass is 16.5. The Balaban J connectivity index is 2.43. The van der Waals surface area contributed by atoms with E-state index >= 15 is 0 Å². The van der Waals surface area contributed by atoms with E-state index in [4.69, 9.17) is 4.74 Å². The summed E-state index contributed by atoms with van der Waals surface area (Å²) in [6.45, 7) is 10.3. The van der Waals surface area contributed by atoms with Crippen LogP contribution in [-0.2, 0) is 6.54 Å². The fraction of sp³-hybridized carbons (Fsp3) is 0.462. The first-order chi connectivity index (χ1) is 7.72. The van der Waals surface area contributed by atoms with Crippen LogP contribution in [0.1, 0.15) is 26.0 Å². The third-order valence-corrected chi connectivity index (χ3v) is 2.14. The maximum absolute atomic E-state index is 5.61. The van der Waals surface area contributed by atoms with Crippen molar-refractivity contribution < 1.29 is 4.74 Å². The molecule has 3 nitrogen and oxygen atoms in total. The van der Waals surface area contributed by atoms with E-state index < -0.39 is 0 Å². The molecule has 1 aromatic rings. The van der Waals surface area contributed by atoms with Crippen molar-refractivity contribution in [1.82, 2.24) is 10.3 Å². The topological polar surface area (TPSA) is 34.1 Å². The minimum absolute atomic E-state index is 0.681. The lowest BCUT2D eigenvalue weighted by Gasteiger charge is -2.07. The van der Waals surface area contributed by atoms with E-state index in [0.717, 1.165) is 36.5 Å². The summed E-state index contributed by atoms with van der Waals surface area (Å²) in [5.74, 6) is 0.879. The Kier molecular flexibility index (Phi) is 5.57. The van der Waals surface area contributed by atoms with Gasteiger partial charge in [-0.25, -0.2) is 0 Å². The lowest BCUT2D eigenvalue weighted by molar-refractivity contribution is 0.321. The average Bonchev–Trinajstić information content (AvgIpc) is 2.26. The Morgan fingerprint density at radius 3 is 3.06 bits per heavy atom. The highest BCUT2D eigenvalue weighted by Gasteiger charge is 1.98. The summed E-state index contributed by atoms with van der Waals surface area (Å²) in [6.07, 6.45) is 2.67. The second-order valence-corrected chi connectivity index (χ2v) is 3.82. The third-order valence-electron chi connectivity index (χ3n) is 2.14. The third kappa shape index (κ3) is 4.94. The first-order valence-electron chi connectivity index (χ1n) is 5.65. The van der Waals surface area contributed by atoms with Crippen molar-refractivity contribution >= 4 is 0 Å². The smallest absolute Gasteiger partial charge is 0.122 e. The quantitative estimate of drug-likeness (QED) is 0.717. The van der Waals surface area contributed by atoms with Gasteiger partial charge in [-0.1, -0.05) is 12.5 Å². The molecule has 0 spiro atoms. The number of nitrogens with zero attached hydrogens (tertiary/aromatic N) is 1. The number of hydrogen-bond acceptors (Lipinski definition) is 3. The van der Waals surface area contributed by atoms with Crippen molar-refractivity contribution in [3.05, 3.63) is 36.2 Å². The molecule has 3 heteroatoms. The Morgan fingerprint density at radius 1 is 1.56 bits per heavy atom. The Morgan fingerprint density at radius 2 is 2.38 bits per heavy atom. The first-order valence-corrected chi connectivity index (χ1v) is 5.65. The van der Waals surface area contributed by atoms with Crippen LogP contribution in [0.2, 0.25) is 0 Å². The lowest BCUT2D eigenvalue weighted by atomic mass is 10.2. The highest BCUT2D eigenvalue weighted by molar-refractivity contribution is 5.22. The van der Waals surface area contributed by atoms with Gasteiger partial charge in [0.2, 0.25) is 0 Å². The van der Waals surface area contributed by atoms with Crippen LogP contribution in [0, 0.1) is 0 Å². The number of rotatable bonds is 7. The van der Waals surface area contributed by atoms with Crippen LogP contribution in [0.25, 0.3) is 0 Å². The van der Waals surface area contributed by atoms with Gasteiger partial charge in [0, 0.05) is 25.2 Å². The number of hydrogen-bond donors (Lipinski definition) is 1. The molecule has 0 unspecified atom stereocenters. The molecule has 0 aliphatic carbocycles. The maximum Gasteiger partial charge on any atom is 0.122 e. The van der Waals surface area contributed by atoms with Gasteiger partial charge in [0.1, 0.15) is 5.75 Å². The van der Waals surface area contributed by atoms with Crippen molar-refractivity contribution in [3.8, 4) is 5.75 Å². The molecule has 0 saturated heterocycles. The SMILES string of the molecule is C=C(C)CCOc1ccnc(CNCC)c1. The monoisotopic (exact) mass is 220 g/mol. The van der Waals surface area contributed by atoms with Gasteiger partial charge in [0.25, 0.3) is 0 Å². The van der Waals surface area contributed by atoms with Crippen LogP contribution >= 0.6 is 0 Å². The Labute approximate surface area is 97.5 Å². The average molecular weight is 220 g/mol. The summed E-state index contributed by atoms with van der Waals surface area (Å²) < 4.78 is 5.61. The van der Waals surface area contributed by atoms with E-state index in [9.17, 15) is 0 Å². The van der Waals surface area contributed by atoms with Crippen molar-refractivity contribution in [1.29, 1.82) is 0 Å². The molecule has 0 saturated carbocycles. The van der Waals surface area contributed by atoms with E-state index in [1.54, 1.807) is 6.20 Å². The summed E-state index contributed by atoms with van der Waals surface area (Å²) in [5, 5.41) is 3.23. The molecule has 1 N–H and O–H groups in total. The zero-order chi connectivity index (χ0) is 11.8. The first kappa shape index (κ1) is 12.7. The second-order valence-electron chi connectivity index (χ2n) is 3.82. The molecule has 0 atom stereocenters.